The SMILES string of the molecule is CC(CCl)C(=O)NCc1ccc(OCC(F)(F)F)cc1. The molecule has 0 radical (unpaired) electrons. The topological polar surface area (TPSA) is 38.3 Å². The molecule has 0 aliphatic heterocycles. The smallest absolute Gasteiger partial charge is 0.422 e. The number of hydrogen-bond acceptors (Lipinski definition) is 2. The molecule has 1 aromatic rings. The number of halogens is 4. The van der Waals surface area contributed by atoms with Gasteiger partial charge in [0.1, 0.15) is 5.75 Å². The molecule has 7 heteroatoms. The fraction of sp³-hybridized carbons (Fsp3) is 0.462. The van der Waals surface area contributed by atoms with Crippen LogP contribution in [0.3, 0.4) is 0 Å². The maximum atomic E-state index is 12.0. The van der Waals surface area contributed by atoms with Crippen molar-refractivity contribution in [2.45, 2.75) is 19.6 Å². The highest BCUT2D eigenvalue weighted by Crippen LogP contribution is 2.18. The molecule has 3 nitrogen and oxygen atoms in total. The second-order valence-corrected chi connectivity index (χ2v) is 4.63. The van der Waals surface area contributed by atoms with Crippen LogP contribution in [0.2, 0.25) is 0 Å². The van der Waals surface area contributed by atoms with Crippen molar-refractivity contribution < 1.29 is 22.7 Å². The Morgan fingerprint density at radius 1 is 1.35 bits per heavy atom. The molecule has 1 aromatic carbocycles. The summed E-state index contributed by atoms with van der Waals surface area (Å²) in [5.74, 6) is -0.0919. The fourth-order valence-corrected chi connectivity index (χ4v) is 1.44. The van der Waals surface area contributed by atoms with Crippen molar-refractivity contribution in [1.29, 1.82) is 0 Å². The quantitative estimate of drug-likeness (QED) is 0.820. The van der Waals surface area contributed by atoms with E-state index in [2.05, 4.69) is 10.1 Å². The molecule has 0 saturated carbocycles. The Morgan fingerprint density at radius 3 is 2.45 bits per heavy atom. The van der Waals surface area contributed by atoms with Crippen LogP contribution in [0, 0.1) is 5.92 Å². The van der Waals surface area contributed by atoms with Gasteiger partial charge in [0.25, 0.3) is 0 Å². The van der Waals surface area contributed by atoms with E-state index in [1.54, 1.807) is 19.1 Å². The molecule has 1 unspecified atom stereocenters. The van der Waals surface area contributed by atoms with Gasteiger partial charge in [-0.2, -0.15) is 13.2 Å². The van der Waals surface area contributed by atoms with Crippen LogP contribution in [0.5, 0.6) is 5.75 Å². The van der Waals surface area contributed by atoms with Crippen LogP contribution in [0.25, 0.3) is 0 Å². The molecule has 1 atom stereocenters. The van der Waals surface area contributed by atoms with Crippen molar-refractivity contribution in [3.05, 3.63) is 29.8 Å². The minimum Gasteiger partial charge on any atom is -0.484 e. The van der Waals surface area contributed by atoms with E-state index < -0.39 is 12.8 Å². The van der Waals surface area contributed by atoms with Gasteiger partial charge in [-0.15, -0.1) is 11.6 Å². The first-order valence-corrected chi connectivity index (χ1v) is 6.47. The van der Waals surface area contributed by atoms with Crippen molar-refractivity contribution in [3.63, 3.8) is 0 Å². The average molecular weight is 310 g/mol. The monoisotopic (exact) mass is 309 g/mol. The van der Waals surface area contributed by atoms with Crippen molar-refractivity contribution >= 4 is 17.5 Å². The highest BCUT2D eigenvalue weighted by molar-refractivity contribution is 6.19. The van der Waals surface area contributed by atoms with Gasteiger partial charge in [0.05, 0.1) is 0 Å². The van der Waals surface area contributed by atoms with Gasteiger partial charge in [0, 0.05) is 18.3 Å². The molecule has 1 N–H and O–H groups in total. The van der Waals surface area contributed by atoms with Gasteiger partial charge in [-0.25, -0.2) is 0 Å². The summed E-state index contributed by atoms with van der Waals surface area (Å²) in [6, 6.07) is 6.05. The molecule has 1 rings (SSSR count). The fourth-order valence-electron chi connectivity index (χ4n) is 1.30. The lowest BCUT2D eigenvalue weighted by Crippen LogP contribution is -2.29. The standard InChI is InChI=1S/C13H15ClF3NO2/c1-9(6-14)12(19)18-7-10-2-4-11(5-3-10)20-8-13(15,16)17/h2-5,9H,6-8H2,1H3,(H,18,19). The Hall–Kier alpha value is -1.43. The first-order chi connectivity index (χ1) is 9.31. The lowest BCUT2D eigenvalue weighted by molar-refractivity contribution is -0.153. The molecule has 0 fully saturated rings. The summed E-state index contributed by atoms with van der Waals surface area (Å²) in [7, 11) is 0. The molecule has 0 aliphatic rings. The van der Waals surface area contributed by atoms with Gasteiger partial charge in [0.2, 0.25) is 5.91 Å². The highest BCUT2D eigenvalue weighted by Gasteiger charge is 2.28. The lowest BCUT2D eigenvalue weighted by Gasteiger charge is -2.11. The first kappa shape index (κ1) is 16.6. The van der Waals surface area contributed by atoms with Crippen molar-refractivity contribution in [1.82, 2.24) is 5.32 Å². The van der Waals surface area contributed by atoms with E-state index in [4.69, 9.17) is 11.6 Å². The Balaban J connectivity index is 2.45. The molecular weight excluding hydrogens is 295 g/mol. The maximum absolute atomic E-state index is 12.0. The Kier molecular flexibility index (Phi) is 6.13. The van der Waals surface area contributed by atoms with Crippen LogP contribution >= 0.6 is 11.6 Å². The zero-order valence-corrected chi connectivity index (χ0v) is 11.6. The summed E-state index contributed by atoms with van der Waals surface area (Å²) < 4.78 is 40.4. The Labute approximate surface area is 120 Å². The number of amides is 1. The van der Waals surface area contributed by atoms with Crippen molar-refractivity contribution in [2.75, 3.05) is 12.5 Å². The van der Waals surface area contributed by atoms with E-state index in [9.17, 15) is 18.0 Å². The third-order valence-corrected chi connectivity index (χ3v) is 2.93. The highest BCUT2D eigenvalue weighted by atomic mass is 35.5. The predicted molar refractivity (Wildman–Crippen MR) is 69.7 cm³/mol. The van der Waals surface area contributed by atoms with Gasteiger partial charge in [0.15, 0.2) is 6.61 Å². The molecular formula is C13H15ClF3NO2. The molecule has 0 spiro atoms. The van der Waals surface area contributed by atoms with Gasteiger partial charge >= 0.3 is 6.18 Å². The molecule has 112 valence electrons. The number of hydrogen-bond donors (Lipinski definition) is 1. The molecule has 0 saturated heterocycles. The first-order valence-electron chi connectivity index (χ1n) is 5.94. The molecule has 0 heterocycles. The number of rotatable bonds is 6. The normalized spacial score (nSPS) is 12.8. The number of ether oxygens (including phenoxy) is 1. The Bertz CT molecular complexity index is 434. The second-order valence-electron chi connectivity index (χ2n) is 4.32. The zero-order valence-electron chi connectivity index (χ0n) is 10.8. The lowest BCUT2D eigenvalue weighted by atomic mass is 10.2. The van der Waals surface area contributed by atoms with Gasteiger partial charge in [-0.3, -0.25) is 4.79 Å². The summed E-state index contributed by atoms with van der Waals surface area (Å²) in [6.07, 6.45) is -4.36. The number of carbonyl (C=O) groups excluding carboxylic acids is 1. The summed E-state index contributed by atoms with van der Waals surface area (Å²) in [6.45, 7) is 0.673. The minimum atomic E-state index is -4.36. The molecule has 20 heavy (non-hydrogen) atoms. The van der Waals surface area contributed by atoms with Crippen LogP contribution in [0.15, 0.2) is 24.3 Å². The molecule has 1 amide bonds. The van der Waals surface area contributed by atoms with E-state index in [1.807, 2.05) is 0 Å². The van der Waals surface area contributed by atoms with Gasteiger partial charge in [-0.05, 0) is 17.7 Å². The number of benzene rings is 1. The van der Waals surface area contributed by atoms with Crippen molar-refractivity contribution in [3.8, 4) is 5.75 Å². The van der Waals surface area contributed by atoms with Gasteiger partial charge in [-0.1, -0.05) is 19.1 Å². The van der Waals surface area contributed by atoms with Crippen LogP contribution in [-0.4, -0.2) is 24.6 Å². The predicted octanol–water partition coefficient (Wildman–Crippen LogP) is 3.12. The number of carbonyl (C=O) groups is 1. The summed E-state index contributed by atoms with van der Waals surface area (Å²) in [5.41, 5.74) is 0.763. The second kappa shape index (κ2) is 7.38. The van der Waals surface area contributed by atoms with Crippen LogP contribution < -0.4 is 10.1 Å². The van der Waals surface area contributed by atoms with Crippen LogP contribution in [-0.2, 0) is 11.3 Å². The van der Waals surface area contributed by atoms with Crippen LogP contribution in [0.4, 0.5) is 13.2 Å². The van der Waals surface area contributed by atoms with E-state index >= 15 is 0 Å². The third kappa shape index (κ3) is 6.14. The summed E-state index contributed by atoms with van der Waals surface area (Å²) in [4.78, 5) is 11.5. The van der Waals surface area contributed by atoms with Gasteiger partial charge < -0.3 is 10.1 Å². The largest absolute Gasteiger partial charge is 0.484 e. The minimum absolute atomic E-state index is 0.131. The summed E-state index contributed by atoms with van der Waals surface area (Å²) >= 11 is 5.55. The number of nitrogens with one attached hydrogen (secondary N) is 1. The molecule has 0 aliphatic carbocycles. The third-order valence-electron chi connectivity index (χ3n) is 2.47. The van der Waals surface area contributed by atoms with E-state index in [1.165, 1.54) is 12.1 Å². The van der Waals surface area contributed by atoms with E-state index in [0.717, 1.165) is 5.56 Å². The zero-order chi connectivity index (χ0) is 15.2. The molecule has 0 bridgehead atoms. The molecule has 0 aromatic heterocycles. The average Bonchev–Trinajstić information content (AvgIpc) is 2.41. The maximum Gasteiger partial charge on any atom is 0.422 e. The Morgan fingerprint density at radius 2 is 1.95 bits per heavy atom. The number of alkyl halides is 4. The van der Waals surface area contributed by atoms with Crippen molar-refractivity contribution in [2.24, 2.45) is 5.92 Å². The van der Waals surface area contributed by atoms with E-state index in [-0.39, 0.29) is 23.5 Å². The van der Waals surface area contributed by atoms with Crippen LogP contribution in [0.1, 0.15) is 12.5 Å². The summed E-state index contributed by atoms with van der Waals surface area (Å²) in [5, 5.41) is 2.68. The van der Waals surface area contributed by atoms with E-state index in [0.29, 0.717) is 6.54 Å².